The fraction of sp³-hybridized carbons (Fsp3) is 0.533. The summed E-state index contributed by atoms with van der Waals surface area (Å²) in [6, 6.07) is 3.20. The highest BCUT2D eigenvalue weighted by Gasteiger charge is 2.40. The van der Waals surface area contributed by atoms with Crippen LogP contribution in [0.3, 0.4) is 0 Å². The molecule has 0 radical (unpaired) electrons. The fourth-order valence-electron chi connectivity index (χ4n) is 2.68. The smallest absolute Gasteiger partial charge is 0.425 e. The fourth-order valence-corrected chi connectivity index (χ4v) is 5.06. The maximum Gasteiger partial charge on any atom is 0.425 e. The van der Waals surface area contributed by atoms with E-state index in [9.17, 15) is 26.4 Å². The summed E-state index contributed by atoms with van der Waals surface area (Å²) in [5.41, 5.74) is 0. The third kappa shape index (κ3) is 4.38. The molecule has 5 nitrogen and oxygen atoms in total. The second kappa shape index (κ2) is 7.03. The van der Waals surface area contributed by atoms with E-state index in [2.05, 4.69) is 0 Å². The van der Waals surface area contributed by atoms with Crippen LogP contribution >= 0.6 is 11.6 Å². The predicted octanol–water partition coefficient (Wildman–Crippen LogP) is 3.70. The third-order valence-corrected chi connectivity index (χ3v) is 6.86. The van der Waals surface area contributed by atoms with E-state index in [1.54, 1.807) is 0 Å². The average Bonchev–Trinajstić information content (AvgIpc) is 2.96. The highest BCUT2D eigenvalue weighted by atomic mass is 35.5. The summed E-state index contributed by atoms with van der Waals surface area (Å²) in [5.74, 6) is -1.98. The number of ether oxygens (including phenoxy) is 1. The number of carbonyl (C=O) groups is 1. The van der Waals surface area contributed by atoms with Gasteiger partial charge in [-0.3, -0.25) is 4.79 Å². The quantitative estimate of drug-likeness (QED) is 0.815. The van der Waals surface area contributed by atoms with Gasteiger partial charge in [0, 0.05) is 6.07 Å². The summed E-state index contributed by atoms with van der Waals surface area (Å²) in [4.78, 5) is 10.7. The second-order valence-corrected chi connectivity index (χ2v) is 8.51. The van der Waals surface area contributed by atoms with E-state index in [4.69, 9.17) is 21.4 Å². The molecule has 1 N–H and O–H groups in total. The van der Waals surface area contributed by atoms with Gasteiger partial charge in [0.05, 0.1) is 21.1 Å². The van der Waals surface area contributed by atoms with Crippen LogP contribution < -0.4 is 4.74 Å². The molecule has 1 fully saturated rings. The Hall–Kier alpha value is -1.48. The van der Waals surface area contributed by atoms with Gasteiger partial charge < -0.3 is 9.84 Å². The van der Waals surface area contributed by atoms with Gasteiger partial charge in [0.25, 0.3) is 0 Å². The van der Waals surface area contributed by atoms with Gasteiger partial charge in [0.15, 0.2) is 15.9 Å². The minimum Gasteiger partial charge on any atom is -0.481 e. The largest absolute Gasteiger partial charge is 0.481 e. The number of benzene rings is 1. The average molecular weight is 401 g/mol. The van der Waals surface area contributed by atoms with Crippen molar-refractivity contribution < 1.29 is 36.2 Å². The van der Waals surface area contributed by atoms with E-state index in [1.165, 1.54) is 0 Å². The van der Waals surface area contributed by atoms with E-state index < -0.39 is 39.3 Å². The van der Waals surface area contributed by atoms with Crippen molar-refractivity contribution in [3.63, 3.8) is 0 Å². The number of aliphatic carboxylic acids is 1. The zero-order chi connectivity index (χ0) is 19.0. The van der Waals surface area contributed by atoms with Crippen LogP contribution in [0.15, 0.2) is 23.1 Å². The van der Waals surface area contributed by atoms with E-state index in [0.717, 1.165) is 25.1 Å². The van der Waals surface area contributed by atoms with Crippen molar-refractivity contribution in [2.45, 2.75) is 48.6 Å². The molecule has 1 aliphatic carbocycles. The summed E-state index contributed by atoms with van der Waals surface area (Å²) in [6.07, 6.45) is -6.21. The van der Waals surface area contributed by atoms with Gasteiger partial charge in [-0.15, -0.1) is 0 Å². The minimum atomic E-state index is -4.56. The molecule has 10 heteroatoms. The molecule has 0 aliphatic heterocycles. The zero-order valence-electron chi connectivity index (χ0n) is 13.1. The first-order valence-corrected chi connectivity index (χ1v) is 9.35. The van der Waals surface area contributed by atoms with Crippen molar-refractivity contribution in [3.8, 4) is 5.75 Å². The molecule has 25 heavy (non-hydrogen) atoms. The summed E-state index contributed by atoms with van der Waals surface area (Å²) in [7, 11) is -3.88. The van der Waals surface area contributed by atoms with Crippen LogP contribution in [0, 0.1) is 5.92 Å². The lowest BCUT2D eigenvalue weighted by Crippen LogP contribution is -2.31. The molecule has 1 aromatic rings. The van der Waals surface area contributed by atoms with Crippen molar-refractivity contribution in [1.29, 1.82) is 0 Å². The van der Waals surface area contributed by atoms with Crippen LogP contribution in [0.25, 0.3) is 0 Å². The molecule has 0 spiro atoms. The maximum atomic E-state index is 12.6. The zero-order valence-corrected chi connectivity index (χ0v) is 14.7. The van der Waals surface area contributed by atoms with E-state index >= 15 is 0 Å². The molecular formula is C15H16ClF3O5S. The molecule has 1 aliphatic rings. The summed E-state index contributed by atoms with van der Waals surface area (Å²) < 4.78 is 67.5. The lowest BCUT2D eigenvalue weighted by atomic mass is 10.1. The highest BCUT2D eigenvalue weighted by Crippen LogP contribution is 2.37. The lowest BCUT2D eigenvalue weighted by molar-refractivity contribution is -0.189. The van der Waals surface area contributed by atoms with Crippen molar-refractivity contribution in [1.82, 2.24) is 0 Å². The Morgan fingerprint density at radius 1 is 1.36 bits per heavy atom. The number of halogens is 4. The summed E-state index contributed by atoms with van der Waals surface area (Å²) in [5, 5.41) is 7.84. The molecule has 140 valence electrons. The first-order valence-electron chi connectivity index (χ1n) is 7.42. The molecule has 0 heterocycles. The predicted molar refractivity (Wildman–Crippen MR) is 83.5 cm³/mol. The van der Waals surface area contributed by atoms with Crippen LogP contribution in [-0.4, -0.2) is 37.0 Å². The SMILES string of the molecule is CC(Oc1ccc(S(=O)(=O)[C@H]2CC[C@H](C(=O)O)C2)c(Cl)c1)C(F)(F)F. The van der Waals surface area contributed by atoms with Gasteiger partial charge in [0.2, 0.25) is 0 Å². The molecule has 1 saturated carbocycles. The van der Waals surface area contributed by atoms with Gasteiger partial charge in [-0.05, 0) is 38.3 Å². The summed E-state index contributed by atoms with van der Waals surface area (Å²) >= 11 is 5.93. The Balaban J connectivity index is 2.21. The molecular weight excluding hydrogens is 385 g/mol. The van der Waals surface area contributed by atoms with Crippen LogP contribution in [0.5, 0.6) is 5.75 Å². The summed E-state index contributed by atoms with van der Waals surface area (Å²) in [6.45, 7) is 0.823. The van der Waals surface area contributed by atoms with Gasteiger partial charge in [-0.1, -0.05) is 11.6 Å². The maximum absolute atomic E-state index is 12.6. The topological polar surface area (TPSA) is 80.7 Å². The van der Waals surface area contributed by atoms with Crippen molar-refractivity contribution >= 4 is 27.4 Å². The number of hydrogen-bond donors (Lipinski definition) is 1. The Morgan fingerprint density at radius 2 is 2.00 bits per heavy atom. The Kier molecular flexibility index (Phi) is 5.58. The monoisotopic (exact) mass is 400 g/mol. The van der Waals surface area contributed by atoms with Gasteiger partial charge in [-0.25, -0.2) is 8.42 Å². The first-order chi connectivity index (χ1) is 11.4. The van der Waals surface area contributed by atoms with Crippen LogP contribution in [-0.2, 0) is 14.6 Å². The lowest BCUT2D eigenvalue weighted by Gasteiger charge is -2.19. The number of carboxylic acids is 1. The van der Waals surface area contributed by atoms with Gasteiger partial charge in [0.1, 0.15) is 5.75 Å². The Labute approximate surface area is 147 Å². The van der Waals surface area contributed by atoms with Crippen molar-refractivity contribution in [2.24, 2.45) is 5.92 Å². The number of carboxylic acid groups (broad SMARTS) is 1. The van der Waals surface area contributed by atoms with Gasteiger partial charge in [-0.2, -0.15) is 13.2 Å². The van der Waals surface area contributed by atoms with E-state index in [1.807, 2.05) is 0 Å². The second-order valence-electron chi connectivity index (χ2n) is 5.91. The van der Waals surface area contributed by atoms with Crippen LogP contribution in [0.4, 0.5) is 13.2 Å². The first kappa shape index (κ1) is 19.8. The van der Waals surface area contributed by atoms with Crippen molar-refractivity contribution in [2.75, 3.05) is 0 Å². The number of sulfone groups is 1. The molecule has 0 aromatic heterocycles. The van der Waals surface area contributed by atoms with Crippen LogP contribution in [0.2, 0.25) is 5.02 Å². The number of alkyl halides is 3. The highest BCUT2D eigenvalue weighted by molar-refractivity contribution is 7.92. The van der Waals surface area contributed by atoms with Crippen LogP contribution in [0.1, 0.15) is 26.2 Å². The molecule has 0 amide bonds. The molecule has 3 atom stereocenters. The number of rotatable bonds is 5. The third-order valence-electron chi connectivity index (χ3n) is 4.16. The van der Waals surface area contributed by atoms with Gasteiger partial charge >= 0.3 is 12.1 Å². The molecule has 2 rings (SSSR count). The van der Waals surface area contributed by atoms with Crippen molar-refractivity contribution in [3.05, 3.63) is 23.2 Å². The van der Waals surface area contributed by atoms with E-state index in [0.29, 0.717) is 0 Å². The molecule has 1 unspecified atom stereocenters. The molecule has 1 aromatic carbocycles. The molecule has 0 bridgehead atoms. The molecule has 0 saturated heterocycles. The minimum absolute atomic E-state index is 0.0165. The Morgan fingerprint density at radius 3 is 2.48 bits per heavy atom. The van der Waals surface area contributed by atoms with E-state index in [-0.39, 0.29) is 34.9 Å². The normalized spacial score (nSPS) is 22.6. The standard InChI is InChI=1S/C15H16ClF3O5S/c1-8(15(17,18)19)24-10-3-5-13(12(16)7-10)25(22,23)11-4-2-9(6-11)14(20)21/h3,5,7-9,11H,2,4,6H2,1H3,(H,20,21)/t8?,9-,11-/m0/s1. The Bertz CT molecular complexity index is 763. The number of hydrogen-bond acceptors (Lipinski definition) is 4.